The molecule has 1 unspecified atom stereocenters. The third kappa shape index (κ3) is 4.73. The van der Waals surface area contributed by atoms with Gasteiger partial charge in [0.25, 0.3) is 5.69 Å². The van der Waals surface area contributed by atoms with Gasteiger partial charge in [-0.25, -0.2) is 14.4 Å². The Morgan fingerprint density at radius 3 is 2.96 bits per heavy atom. The SMILES string of the molecule is CCNC(=NCc1ccccc1[N+](=O)[O-])NC1CCN(c2ncccc2F)C1. The predicted octanol–water partition coefficient (Wildman–Crippen LogP) is 2.46. The maximum absolute atomic E-state index is 13.9. The van der Waals surface area contributed by atoms with Crippen LogP contribution in [0.3, 0.4) is 0 Å². The number of nitrogens with one attached hydrogen (secondary N) is 2. The molecular weight excluding hydrogens is 363 g/mol. The molecule has 0 radical (unpaired) electrons. The molecule has 3 rings (SSSR count). The van der Waals surface area contributed by atoms with E-state index in [0.29, 0.717) is 37.0 Å². The van der Waals surface area contributed by atoms with E-state index in [1.807, 2.05) is 11.8 Å². The molecular formula is C19H23FN6O2. The summed E-state index contributed by atoms with van der Waals surface area (Å²) in [4.78, 5) is 21.3. The van der Waals surface area contributed by atoms with Crippen molar-refractivity contribution in [1.29, 1.82) is 0 Å². The molecule has 2 heterocycles. The first kappa shape index (κ1) is 19.5. The summed E-state index contributed by atoms with van der Waals surface area (Å²) in [6.45, 7) is 4.09. The van der Waals surface area contributed by atoms with Crippen LogP contribution in [0.2, 0.25) is 0 Å². The summed E-state index contributed by atoms with van der Waals surface area (Å²) in [6.07, 6.45) is 2.39. The Bertz CT molecular complexity index is 860. The van der Waals surface area contributed by atoms with Gasteiger partial charge in [0.15, 0.2) is 17.6 Å². The Labute approximate surface area is 162 Å². The number of nitro benzene ring substituents is 1. The minimum atomic E-state index is -0.401. The molecule has 148 valence electrons. The summed E-state index contributed by atoms with van der Waals surface area (Å²) in [7, 11) is 0. The summed E-state index contributed by atoms with van der Waals surface area (Å²) < 4.78 is 13.9. The van der Waals surface area contributed by atoms with E-state index in [-0.39, 0.29) is 24.1 Å². The lowest BCUT2D eigenvalue weighted by atomic mass is 10.2. The number of pyridine rings is 1. The van der Waals surface area contributed by atoms with E-state index in [9.17, 15) is 14.5 Å². The molecule has 28 heavy (non-hydrogen) atoms. The number of hydrogen-bond acceptors (Lipinski definition) is 5. The maximum atomic E-state index is 13.9. The molecule has 2 N–H and O–H groups in total. The Balaban J connectivity index is 1.66. The van der Waals surface area contributed by atoms with Gasteiger partial charge in [-0.1, -0.05) is 18.2 Å². The largest absolute Gasteiger partial charge is 0.357 e. The van der Waals surface area contributed by atoms with Gasteiger partial charge in [-0.15, -0.1) is 0 Å². The van der Waals surface area contributed by atoms with E-state index in [1.54, 1.807) is 30.5 Å². The number of halogens is 1. The number of aliphatic imine (C=N–C) groups is 1. The number of nitro groups is 1. The zero-order valence-electron chi connectivity index (χ0n) is 15.6. The van der Waals surface area contributed by atoms with Crippen molar-refractivity contribution in [2.24, 2.45) is 4.99 Å². The Hall–Kier alpha value is -3.23. The summed E-state index contributed by atoms with van der Waals surface area (Å²) in [5, 5.41) is 17.6. The van der Waals surface area contributed by atoms with Crippen molar-refractivity contribution >= 4 is 17.5 Å². The third-order valence-corrected chi connectivity index (χ3v) is 4.51. The predicted molar refractivity (Wildman–Crippen MR) is 106 cm³/mol. The highest BCUT2D eigenvalue weighted by molar-refractivity contribution is 5.80. The number of rotatable bonds is 6. The molecule has 0 spiro atoms. The van der Waals surface area contributed by atoms with Crippen LogP contribution in [0.15, 0.2) is 47.6 Å². The van der Waals surface area contributed by atoms with Crippen LogP contribution >= 0.6 is 0 Å². The van der Waals surface area contributed by atoms with Gasteiger partial charge < -0.3 is 15.5 Å². The fourth-order valence-corrected chi connectivity index (χ4v) is 3.18. The molecule has 1 aromatic heterocycles. The number of benzene rings is 1. The van der Waals surface area contributed by atoms with E-state index in [4.69, 9.17) is 0 Å². The highest BCUT2D eigenvalue weighted by Gasteiger charge is 2.26. The Morgan fingerprint density at radius 2 is 2.21 bits per heavy atom. The van der Waals surface area contributed by atoms with Gasteiger partial charge in [-0.3, -0.25) is 10.1 Å². The van der Waals surface area contributed by atoms with Gasteiger partial charge >= 0.3 is 0 Å². The normalized spacial score (nSPS) is 16.9. The molecule has 1 aliphatic rings. The van der Waals surface area contributed by atoms with Crippen LogP contribution in [0.5, 0.6) is 0 Å². The number of aromatic nitrogens is 1. The van der Waals surface area contributed by atoms with Gasteiger partial charge in [0, 0.05) is 37.9 Å². The molecule has 1 aromatic carbocycles. The Kier molecular flexibility index (Phi) is 6.36. The van der Waals surface area contributed by atoms with Gasteiger partial charge in [0.2, 0.25) is 0 Å². The van der Waals surface area contributed by atoms with Gasteiger partial charge in [-0.2, -0.15) is 0 Å². The molecule has 2 aromatic rings. The topological polar surface area (TPSA) is 95.7 Å². The fourth-order valence-electron chi connectivity index (χ4n) is 3.18. The number of nitrogens with zero attached hydrogens (tertiary/aromatic N) is 4. The van der Waals surface area contributed by atoms with Gasteiger partial charge in [-0.05, 0) is 25.5 Å². The van der Waals surface area contributed by atoms with Crippen molar-refractivity contribution in [3.8, 4) is 0 Å². The summed E-state index contributed by atoms with van der Waals surface area (Å²) >= 11 is 0. The first-order valence-electron chi connectivity index (χ1n) is 9.21. The van der Waals surface area contributed by atoms with Crippen molar-refractivity contribution in [2.75, 3.05) is 24.5 Å². The number of anilines is 1. The number of hydrogen-bond donors (Lipinski definition) is 2. The lowest BCUT2D eigenvalue weighted by molar-refractivity contribution is -0.385. The van der Waals surface area contributed by atoms with E-state index < -0.39 is 4.92 Å². The highest BCUT2D eigenvalue weighted by atomic mass is 19.1. The van der Waals surface area contributed by atoms with Crippen molar-refractivity contribution in [3.05, 3.63) is 64.1 Å². The lowest BCUT2D eigenvalue weighted by Gasteiger charge is -2.20. The van der Waals surface area contributed by atoms with E-state index in [1.165, 1.54) is 12.1 Å². The van der Waals surface area contributed by atoms with Gasteiger partial charge in [0.05, 0.1) is 17.0 Å². The zero-order valence-corrected chi connectivity index (χ0v) is 15.6. The van der Waals surface area contributed by atoms with Gasteiger partial charge in [0.1, 0.15) is 0 Å². The standard InChI is InChI=1S/C19H23FN6O2/c1-2-21-19(23-12-14-6-3-4-8-17(14)26(27)28)24-15-9-11-25(13-15)18-16(20)7-5-10-22-18/h3-8,10,15H,2,9,11-13H2,1H3,(H2,21,23,24). The molecule has 0 amide bonds. The first-order chi connectivity index (χ1) is 13.6. The molecule has 0 saturated carbocycles. The molecule has 0 aliphatic carbocycles. The highest BCUT2D eigenvalue weighted by Crippen LogP contribution is 2.21. The van der Waals surface area contributed by atoms with Crippen LogP contribution in [0.1, 0.15) is 18.9 Å². The van der Waals surface area contributed by atoms with Crippen LogP contribution in [-0.4, -0.2) is 41.5 Å². The number of para-hydroxylation sites is 1. The van der Waals surface area contributed by atoms with Crippen molar-refractivity contribution < 1.29 is 9.31 Å². The van der Waals surface area contributed by atoms with E-state index >= 15 is 0 Å². The smallest absolute Gasteiger partial charge is 0.274 e. The summed E-state index contributed by atoms with van der Waals surface area (Å²) in [5.74, 6) is 0.600. The molecule has 1 aliphatic heterocycles. The monoisotopic (exact) mass is 386 g/mol. The summed E-state index contributed by atoms with van der Waals surface area (Å²) in [6, 6.07) is 9.62. The fraction of sp³-hybridized carbons (Fsp3) is 0.368. The average molecular weight is 386 g/mol. The second kappa shape index (κ2) is 9.12. The molecule has 1 fully saturated rings. The van der Waals surface area contributed by atoms with E-state index in [2.05, 4.69) is 20.6 Å². The molecule has 1 saturated heterocycles. The first-order valence-corrected chi connectivity index (χ1v) is 9.21. The van der Waals surface area contributed by atoms with Crippen molar-refractivity contribution in [2.45, 2.75) is 25.9 Å². The number of guanidine groups is 1. The minimum Gasteiger partial charge on any atom is -0.357 e. The second-order valence-corrected chi connectivity index (χ2v) is 6.47. The van der Waals surface area contributed by atoms with E-state index in [0.717, 1.165) is 6.42 Å². The Morgan fingerprint density at radius 1 is 1.39 bits per heavy atom. The summed E-state index contributed by atoms with van der Waals surface area (Å²) in [5.41, 5.74) is 0.605. The van der Waals surface area contributed by atoms with Crippen LogP contribution in [0.4, 0.5) is 15.9 Å². The molecule has 8 nitrogen and oxygen atoms in total. The van der Waals surface area contributed by atoms with Crippen LogP contribution in [-0.2, 0) is 6.54 Å². The maximum Gasteiger partial charge on any atom is 0.274 e. The van der Waals surface area contributed by atoms with Crippen molar-refractivity contribution in [1.82, 2.24) is 15.6 Å². The van der Waals surface area contributed by atoms with Crippen LogP contribution in [0.25, 0.3) is 0 Å². The lowest BCUT2D eigenvalue weighted by Crippen LogP contribution is -2.44. The third-order valence-electron chi connectivity index (χ3n) is 4.51. The van der Waals surface area contributed by atoms with Crippen LogP contribution in [0, 0.1) is 15.9 Å². The average Bonchev–Trinajstić information content (AvgIpc) is 3.15. The molecule has 9 heteroatoms. The molecule has 1 atom stereocenters. The minimum absolute atomic E-state index is 0.0553. The molecule has 0 bridgehead atoms. The second-order valence-electron chi connectivity index (χ2n) is 6.47. The van der Waals surface area contributed by atoms with Crippen LogP contribution < -0.4 is 15.5 Å². The quantitative estimate of drug-likeness (QED) is 0.343. The van der Waals surface area contributed by atoms with Crippen molar-refractivity contribution in [3.63, 3.8) is 0 Å². The zero-order chi connectivity index (χ0) is 19.9.